The van der Waals surface area contributed by atoms with Crippen molar-refractivity contribution in [2.45, 2.75) is 25.1 Å². The minimum absolute atomic E-state index is 0.184. The molecule has 0 spiro atoms. The SMILES string of the molecule is N#Cc1ccccc1C(Cc1ccc(C(F)(F)F)cn1)Cn1cncn1. The second kappa shape index (κ2) is 7.35. The van der Waals surface area contributed by atoms with Crippen LogP contribution < -0.4 is 0 Å². The molecule has 1 atom stereocenters. The maximum absolute atomic E-state index is 12.7. The third-order valence-electron chi connectivity index (χ3n) is 4.00. The van der Waals surface area contributed by atoms with Gasteiger partial charge in [0.05, 0.1) is 17.2 Å². The highest BCUT2D eigenvalue weighted by molar-refractivity contribution is 5.40. The summed E-state index contributed by atoms with van der Waals surface area (Å²) < 4.78 is 39.7. The van der Waals surface area contributed by atoms with Crippen molar-refractivity contribution >= 4 is 0 Å². The van der Waals surface area contributed by atoms with Crippen molar-refractivity contribution in [2.75, 3.05) is 0 Å². The Hall–Kier alpha value is -3.21. The van der Waals surface area contributed by atoms with Gasteiger partial charge in [-0.3, -0.25) is 9.67 Å². The van der Waals surface area contributed by atoms with Crippen LogP contribution >= 0.6 is 0 Å². The van der Waals surface area contributed by atoms with Gasteiger partial charge in [-0.1, -0.05) is 18.2 Å². The van der Waals surface area contributed by atoms with E-state index in [2.05, 4.69) is 21.1 Å². The van der Waals surface area contributed by atoms with E-state index >= 15 is 0 Å². The normalized spacial score (nSPS) is 12.5. The first kappa shape index (κ1) is 17.6. The molecule has 1 aromatic carbocycles. The summed E-state index contributed by atoms with van der Waals surface area (Å²) in [5.41, 5.74) is 1.04. The van der Waals surface area contributed by atoms with E-state index < -0.39 is 11.7 Å². The van der Waals surface area contributed by atoms with Gasteiger partial charge in [-0.25, -0.2) is 4.98 Å². The van der Waals surface area contributed by atoms with Crippen LogP contribution in [0.2, 0.25) is 0 Å². The number of hydrogen-bond acceptors (Lipinski definition) is 4. The molecule has 3 rings (SSSR count). The number of hydrogen-bond donors (Lipinski definition) is 0. The van der Waals surface area contributed by atoms with Crippen molar-refractivity contribution in [3.63, 3.8) is 0 Å². The molecule has 26 heavy (non-hydrogen) atoms. The highest BCUT2D eigenvalue weighted by Gasteiger charge is 2.30. The second-order valence-electron chi connectivity index (χ2n) is 5.75. The molecule has 0 fully saturated rings. The van der Waals surface area contributed by atoms with Gasteiger partial charge in [-0.15, -0.1) is 0 Å². The van der Waals surface area contributed by atoms with Gasteiger partial charge >= 0.3 is 6.18 Å². The number of benzene rings is 1. The molecule has 0 aliphatic rings. The molecule has 3 aromatic rings. The number of aromatic nitrogens is 4. The van der Waals surface area contributed by atoms with E-state index in [4.69, 9.17) is 0 Å². The molecule has 8 heteroatoms. The maximum Gasteiger partial charge on any atom is 0.417 e. The van der Waals surface area contributed by atoms with Crippen molar-refractivity contribution in [3.05, 3.63) is 77.6 Å². The monoisotopic (exact) mass is 357 g/mol. The fourth-order valence-corrected chi connectivity index (χ4v) is 2.75. The lowest BCUT2D eigenvalue weighted by atomic mass is 9.90. The molecule has 0 bridgehead atoms. The van der Waals surface area contributed by atoms with Crippen LogP contribution in [-0.2, 0) is 19.1 Å². The zero-order valence-corrected chi connectivity index (χ0v) is 13.6. The smallest absolute Gasteiger partial charge is 0.261 e. The molecule has 0 aliphatic heterocycles. The Balaban J connectivity index is 1.90. The number of nitriles is 1. The van der Waals surface area contributed by atoms with E-state index in [-0.39, 0.29) is 5.92 Å². The minimum atomic E-state index is -4.42. The lowest BCUT2D eigenvalue weighted by molar-refractivity contribution is -0.137. The largest absolute Gasteiger partial charge is 0.417 e. The Labute approximate surface area is 147 Å². The number of pyridine rings is 1. The van der Waals surface area contributed by atoms with Crippen LogP contribution in [0.3, 0.4) is 0 Å². The number of rotatable bonds is 5. The fourth-order valence-electron chi connectivity index (χ4n) is 2.75. The number of alkyl halides is 3. The standard InChI is InChI=1S/C18H14F3N5/c19-18(20,21)15-5-6-16(24-9-15)7-14(10-26-12-23-11-25-26)17-4-2-1-3-13(17)8-22/h1-6,9,11-12,14H,7,10H2. The summed E-state index contributed by atoms with van der Waals surface area (Å²) in [5.74, 6) is -0.184. The Morgan fingerprint density at radius 1 is 1.15 bits per heavy atom. The van der Waals surface area contributed by atoms with Gasteiger partial charge in [-0.2, -0.15) is 23.5 Å². The van der Waals surface area contributed by atoms with Gasteiger partial charge in [0.15, 0.2) is 0 Å². The summed E-state index contributed by atoms with van der Waals surface area (Å²) in [4.78, 5) is 7.85. The van der Waals surface area contributed by atoms with Crippen LogP contribution in [-0.4, -0.2) is 19.7 Å². The minimum Gasteiger partial charge on any atom is -0.261 e. The summed E-state index contributed by atoms with van der Waals surface area (Å²) in [5, 5.41) is 13.4. The van der Waals surface area contributed by atoms with Crippen molar-refractivity contribution in [1.82, 2.24) is 19.7 Å². The molecule has 5 nitrogen and oxygen atoms in total. The van der Waals surface area contributed by atoms with Crippen LogP contribution in [0, 0.1) is 11.3 Å². The van der Waals surface area contributed by atoms with E-state index in [0.717, 1.165) is 17.8 Å². The van der Waals surface area contributed by atoms with Gasteiger partial charge in [-0.05, 0) is 30.2 Å². The first-order valence-electron chi connectivity index (χ1n) is 7.81. The summed E-state index contributed by atoms with van der Waals surface area (Å²) in [6.07, 6.45) is -0.250. The van der Waals surface area contributed by atoms with Gasteiger partial charge in [0.25, 0.3) is 0 Å². The molecule has 1 unspecified atom stereocenters. The molecule has 132 valence electrons. The summed E-state index contributed by atoms with van der Waals surface area (Å²) in [6, 6.07) is 11.7. The topological polar surface area (TPSA) is 67.4 Å². The molecule has 0 N–H and O–H groups in total. The Kier molecular flexibility index (Phi) is 4.98. The predicted octanol–water partition coefficient (Wildman–Crippen LogP) is 3.59. The van der Waals surface area contributed by atoms with Gasteiger partial charge < -0.3 is 0 Å². The number of nitrogens with zero attached hydrogens (tertiary/aromatic N) is 5. The van der Waals surface area contributed by atoms with Gasteiger partial charge in [0, 0.05) is 24.4 Å². The Bertz CT molecular complexity index is 896. The molecule has 0 saturated carbocycles. The first-order valence-corrected chi connectivity index (χ1v) is 7.81. The van der Waals surface area contributed by atoms with E-state index in [1.54, 1.807) is 23.1 Å². The molecule has 0 saturated heterocycles. The molecule has 0 amide bonds. The van der Waals surface area contributed by atoms with Crippen LogP contribution in [0.1, 0.15) is 28.3 Å². The fraction of sp³-hybridized carbons (Fsp3) is 0.222. The van der Waals surface area contributed by atoms with Gasteiger partial charge in [0.2, 0.25) is 0 Å². The van der Waals surface area contributed by atoms with Crippen LogP contribution in [0.25, 0.3) is 0 Å². The second-order valence-corrected chi connectivity index (χ2v) is 5.75. The maximum atomic E-state index is 12.7. The quantitative estimate of drug-likeness (QED) is 0.700. The van der Waals surface area contributed by atoms with E-state index in [0.29, 0.717) is 24.2 Å². The average Bonchev–Trinajstić information content (AvgIpc) is 3.14. The van der Waals surface area contributed by atoms with Crippen molar-refractivity contribution < 1.29 is 13.2 Å². The van der Waals surface area contributed by atoms with E-state index in [1.807, 2.05) is 12.1 Å². The first-order chi connectivity index (χ1) is 12.5. The lowest BCUT2D eigenvalue weighted by Gasteiger charge is -2.18. The lowest BCUT2D eigenvalue weighted by Crippen LogP contribution is -2.15. The zero-order chi connectivity index (χ0) is 18.6. The highest BCUT2D eigenvalue weighted by Crippen LogP contribution is 2.30. The predicted molar refractivity (Wildman–Crippen MR) is 86.9 cm³/mol. The molecular weight excluding hydrogens is 343 g/mol. The summed E-state index contributed by atoms with van der Waals surface area (Å²) in [6.45, 7) is 0.432. The zero-order valence-electron chi connectivity index (χ0n) is 13.6. The average molecular weight is 357 g/mol. The van der Waals surface area contributed by atoms with Crippen LogP contribution in [0.4, 0.5) is 13.2 Å². The Morgan fingerprint density at radius 3 is 2.58 bits per heavy atom. The van der Waals surface area contributed by atoms with E-state index in [1.165, 1.54) is 12.4 Å². The molecular formula is C18H14F3N5. The van der Waals surface area contributed by atoms with Gasteiger partial charge in [0.1, 0.15) is 12.7 Å². The van der Waals surface area contributed by atoms with E-state index in [9.17, 15) is 18.4 Å². The third kappa shape index (κ3) is 4.06. The third-order valence-corrected chi connectivity index (χ3v) is 4.00. The molecule has 2 aromatic heterocycles. The summed E-state index contributed by atoms with van der Waals surface area (Å²) in [7, 11) is 0. The highest BCUT2D eigenvalue weighted by atomic mass is 19.4. The Morgan fingerprint density at radius 2 is 1.96 bits per heavy atom. The molecule has 2 heterocycles. The molecule has 0 radical (unpaired) electrons. The summed E-state index contributed by atoms with van der Waals surface area (Å²) >= 11 is 0. The van der Waals surface area contributed by atoms with Crippen LogP contribution in [0.5, 0.6) is 0 Å². The van der Waals surface area contributed by atoms with Crippen molar-refractivity contribution in [2.24, 2.45) is 0 Å². The van der Waals surface area contributed by atoms with Crippen LogP contribution in [0.15, 0.2) is 55.2 Å². The molecule has 0 aliphatic carbocycles. The van der Waals surface area contributed by atoms with Crippen molar-refractivity contribution in [3.8, 4) is 6.07 Å². The number of halogens is 3. The van der Waals surface area contributed by atoms with Crippen molar-refractivity contribution in [1.29, 1.82) is 5.26 Å².